The lowest BCUT2D eigenvalue weighted by Gasteiger charge is -2.07. The first kappa shape index (κ1) is 15.7. The molecule has 2 N–H and O–H groups in total. The van der Waals surface area contributed by atoms with Crippen molar-refractivity contribution >= 4 is 11.8 Å². The number of hydrogen-bond donors (Lipinski definition) is 2. The first-order valence-corrected chi connectivity index (χ1v) is 6.16. The second kappa shape index (κ2) is 8.79. The topological polar surface area (TPSA) is 58.2 Å². The van der Waals surface area contributed by atoms with Gasteiger partial charge in [0.2, 0.25) is 11.8 Å². The lowest BCUT2D eigenvalue weighted by Crippen LogP contribution is -2.28. The average Bonchev–Trinajstić information content (AvgIpc) is 2.26. The largest absolute Gasteiger partial charge is 0.356 e. The summed E-state index contributed by atoms with van der Waals surface area (Å²) in [4.78, 5) is 22.3. The van der Waals surface area contributed by atoms with Crippen LogP contribution in [0.15, 0.2) is 12.2 Å². The van der Waals surface area contributed by atoms with E-state index in [9.17, 15) is 9.59 Å². The molecule has 4 nitrogen and oxygen atoms in total. The third kappa shape index (κ3) is 8.48. The molecule has 0 rings (SSSR count). The summed E-state index contributed by atoms with van der Waals surface area (Å²) in [5.41, 5.74) is 0.536. The number of unbranched alkanes of at least 4 members (excludes halogenated alkanes) is 2. The monoisotopic (exact) mass is 240 g/mol. The third-order valence-corrected chi connectivity index (χ3v) is 2.35. The minimum Gasteiger partial charge on any atom is -0.356 e. The highest BCUT2D eigenvalue weighted by atomic mass is 16.2. The van der Waals surface area contributed by atoms with Crippen molar-refractivity contribution in [1.29, 1.82) is 0 Å². The molecule has 0 aromatic heterocycles. The Morgan fingerprint density at radius 1 is 1.06 bits per heavy atom. The molecule has 4 heteroatoms. The van der Waals surface area contributed by atoms with Crippen LogP contribution in [0, 0.1) is 5.92 Å². The summed E-state index contributed by atoms with van der Waals surface area (Å²) in [5, 5.41) is 5.63. The number of carbonyl (C=O) groups excluding carboxylic acids is 2. The Labute approximate surface area is 104 Å². The van der Waals surface area contributed by atoms with Gasteiger partial charge in [-0.25, -0.2) is 0 Å². The van der Waals surface area contributed by atoms with E-state index in [4.69, 9.17) is 0 Å². The second-order valence-electron chi connectivity index (χ2n) is 4.54. The van der Waals surface area contributed by atoms with Crippen LogP contribution >= 0.6 is 0 Å². The van der Waals surface area contributed by atoms with Gasteiger partial charge >= 0.3 is 0 Å². The highest BCUT2D eigenvalue weighted by molar-refractivity contribution is 5.91. The number of amides is 2. The molecule has 0 bridgehead atoms. The molecule has 0 radical (unpaired) electrons. The van der Waals surface area contributed by atoms with Gasteiger partial charge in [-0.05, 0) is 26.2 Å². The van der Waals surface area contributed by atoms with Crippen molar-refractivity contribution in [2.75, 3.05) is 13.1 Å². The zero-order chi connectivity index (χ0) is 13.3. The molecule has 0 aliphatic heterocycles. The minimum atomic E-state index is -0.0851. The van der Waals surface area contributed by atoms with Gasteiger partial charge in [-0.1, -0.05) is 20.4 Å². The van der Waals surface area contributed by atoms with E-state index in [0.29, 0.717) is 18.7 Å². The number of nitrogens with one attached hydrogen (secondary N) is 2. The van der Waals surface area contributed by atoms with Crippen molar-refractivity contribution in [3.63, 3.8) is 0 Å². The van der Waals surface area contributed by atoms with Gasteiger partial charge in [0.05, 0.1) is 0 Å². The first-order valence-electron chi connectivity index (χ1n) is 6.16. The van der Waals surface area contributed by atoms with E-state index in [1.807, 2.05) is 13.8 Å². The summed E-state index contributed by atoms with van der Waals surface area (Å²) in [6.07, 6.45) is 2.87. The van der Waals surface area contributed by atoms with E-state index in [2.05, 4.69) is 17.2 Å². The van der Waals surface area contributed by atoms with Crippen LogP contribution in [0.4, 0.5) is 0 Å². The van der Waals surface area contributed by atoms with Crippen molar-refractivity contribution in [3.8, 4) is 0 Å². The number of rotatable bonds is 8. The van der Waals surface area contributed by atoms with Crippen LogP contribution in [0.2, 0.25) is 0 Å². The quantitative estimate of drug-likeness (QED) is 0.500. The molecule has 0 atom stereocenters. The highest BCUT2D eigenvalue weighted by Crippen LogP contribution is 1.95. The van der Waals surface area contributed by atoms with Gasteiger partial charge in [-0.2, -0.15) is 0 Å². The summed E-state index contributed by atoms with van der Waals surface area (Å²) < 4.78 is 0. The van der Waals surface area contributed by atoms with Crippen molar-refractivity contribution < 1.29 is 9.59 Å². The predicted molar refractivity (Wildman–Crippen MR) is 69.5 cm³/mol. The smallest absolute Gasteiger partial charge is 0.246 e. The zero-order valence-corrected chi connectivity index (χ0v) is 11.1. The average molecular weight is 240 g/mol. The van der Waals surface area contributed by atoms with Crippen LogP contribution in [0.1, 0.15) is 40.0 Å². The Bertz CT molecular complexity index is 273. The Kier molecular flexibility index (Phi) is 8.11. The molecule has 0 aliphatic rings. The predicted octanol–water partition coefficient (Wildman–Crippen LogP) is 1.62. The van der Waals surface area contributed by atoms with Crippen molar-refractivity contribution in [3.05, 3.63) is 12.2 Å². The zero-order valence-electron chi connectivity index (χ0n) is 11.1. The fourth-order valence-electron chi connectivity index (χ4n) is 1.20. The molecule has 0 saturated heterocycles. The van der Waals surface area contributed by atoms with Crippen molar-refractivity contribution in [1.82, 2.24) is 10.6 Å². The molecule has 0 fully saturated rings. The van der Waals surface area contributed by atoms with Gasteiger partial charge < -0.3 is 10.6 Å². The molecular formula is C13H24N2O2. The Morgan fingerprint density at radius 2 is 1.59 bits per heavy atom. The molecule has 0 heterocycles. The molecule has 17 heavy (non-hydrogen) atoms. The van der Waals surface area contributed by atoms with Crippen molar-refractivity contribution in [2.45, 2.75) is 40.0 Å². The van der Waals surface area contributed by atoms with Crippen LogP contribution in [0.5, 0.6) is 0 Å². The Hall–Kier alpha value is -1.32. The Balaban J connectivity index is 3.33. The maximum Gasteiger partial charge on any atom is 0.246 e. The molecule has 0 spiro atoms. The van der Waals surface area contributed by atoms with Gasteiger partial charge in [-0.3, -0.25) is 9.59 Å². The van der Waals surface area contributed by atoms with E-state index in [1.54, 1.807) is 6.92 Å². The molecule has 0 saturated carbocycles. The second-order valence-corrected chi connectivity index (χ2v) is 4.54. The van der Waals surface area contributed by atoms with E-state index in [-0.39, 0.29) is 17.7 Å². The van der Waals surface area contributed by atoms with Gasteiger partial charge in [0.1, 0.15) is 0 Å². The molecule has 98 valence electrons. The summed E-state index contributed by atoms with van der Waals surface area (Å²) in [6.45, 7) is 10.4. The van der Waals surface area contributed by atoms with E-state index < -0.39 is 0 Å². The van der Waals surface area contributed by atoms with E-state index in [0.717, 1.165) is 19.3 Å². The highest BCUT2D eigenvalue weighted by Gasteiger charge is 2.04. The SMILES string of the molecule is C=C(C)C(=O)NCCCCCNC(=O)C(C)C. The normalized spacial score (nSPS) is 10.1. The summed E-state index contributed by atoms with van der Waals surface area (Å²) in [7, 11) is 0. The first-order chi connectivity index (χ1) is 7.95. The summed E-state index contributed by atoms with van der Waals surface area (Å²) >= 11 is 0. The van der Waals surface area contributed by atoms with Crippen LogP contribution in [-0.2, 0) is 9.59 Å². The molecular weight excluding hydrogens is 216 g/mol. The minimum absolute atomic E-state index is 0.0462. The van der Waals surface area contributed by atoms with Gasteiger partial charge in [0.15, 0.2) is 0 Å². The van der Waals surface area contributed by atoms with Crippen LogP contribution in [-0.4, -0.2) is 24.9 Å². The maximum absolute atomic E-state index is 11.2. The van der Waals surface area contributed by atoms with Gasteiger partial charge in [-0.15, -0.1) is 0 Å². The van der Waals surface area contributed by atoms with Crippen LogP contribution in [0.3, 0.4) is 0 Å². The standard InChI is InChI=1S/C13H24N2O2/c1-10(2)12(16)14-8-6-5-7-9-15-13(17)11(3)4/h11H,1,5-9H2,2-4H3,(H,14,16)(H,15,17). The lowest BCUT2D eigenvalue weighted by atomic mass is 10.2. The van der Waals surface area contributed by atoms with E-state index >= 15 is 0 Å². The number of carbonyl (C=O) groups is 2. The third-order valence-electron chi connectivity index (χ3n) is 2.35. The molecule has 0 unspecified atom stereocenters. The fraction of sp³-hybridized carbons (Fsp3) is 0.692. The molecule has 2 amide bonds. The van der Waals surface area contributed by atoms with Gasteiger partial charge in [0.25, 0.3) is 0 Å². The summed E-state index contributed by atoms with van der Waals surface area (Å²) in [6, 6.07) is 0. The lowest BCUT2D eigenvalue weighted by molar-refractivity contribution is -0.124. The molecule has 0 aromatic carbocycles. The molecule has 0 aromatic rings. The maximum atomic E-state index is 11.2. The fourth-order valence-corrected chi connectivity index (χ4v) is 1.20. The van der Waals surface area contributed by atoms with Gasteiger partial charge in [0, 0.05) is 24.6 Å². The molecule has 0 aliphatic carbocycles. The van der Waals surface area contributed by atoms with Crippen molar-refractivity contribution in [2.24, 2.45) is 5.92 Å². The van der Waals surface area contributed by atoms with Crippen LogP contribution in [0.25, 0.3) is 0 Å². The Morgan fingerprint density at radius 3 is 2.06 bits per heavy atom. The van der Waals surface area contributed by atoms with Crippen LogP contribution < -0.4 is 10.6 Å². The summed E-state index contributed by atoms with van der Waals surface area (Å²) in [5.74, 6) is 0.0588. The number of hydrogen-bond acceptors (Lipinski definition) is 2. The van der Waals surface area contributed by atoms with E-state index in [1.165, 1.54) is 0 Å².